The van der Waals surface area contributed by atoms with Crippen molar-refractivity contribution in [1.82, 2.24) is 10.2 Å². The van der Waals surface area contributed by atoms with E-state index in [0.29, 0.717) is 12.2 Å². The normalized spacial score (nSPS) is 21.7. The molecule has 1 N–H and O–H groups in total. The van der Waals surface area contributed by atoms with Gasteiger partial charge in [0.1, 0.15) is 0 Å². The van der Waals surface area contributed by atoms with Crippen LogP contribution in [0.5, 0.6) is 0 Å². The first-order chi connectivity index (χ1) is 9.15. The largest absolute Gasteiger partial charge is 0.356 e. The molecule has 0 bridgehead atoms. The zero-order valence-electron chi connectivity index (χ0n) is 11.7. The lowest BCUT2D eigenvalue weighted by molar-refractivity contribution is -0.130. The van der Waals surface area contributed by atoms with Gasteiger partial charge in [-0.15, -0.1) is 0 Å². The van der Waals surface area contributed by atoms with Crippen molar-refractivity contribution in [3.63, 3.8) is 0 Å². The molecule has 2 fully saturated rings. The molecule has 0 aromatic carbocycles. The molecule has 5 heteroatoms. The molecule has 2 rings (SSSR count). The van der Waals surface area contributed by atoms with Gasteiger partial charge in [-0.2, -0.15) is 11.8 Å². The van der Waals surface area contributed by atoms with E-state index in [2.05, 4.69) is 12.2 Å². The number of hydrogen-bond acceptors (Lipinski definition) is 3. The molecule has 0 atom stereocenters. The third kappa shape index (κ3) is 3.88. The van der Waals surface area contributed by atoms with Crippen LogP contribution in [0.15, 0.2) is 0 Å². The zero-order valence-corrected chi connectivity index (χ0v) is 12.6. The fourth-order valence-corrected chi connectivity index (χ4v) is 3.83. The van der Waals surface area contributed by atoms with Gasteiger partial charge in [-0.05, 0) is 30.4 Å². The molecule has 0 saturated carbocycles. The Balaban J connectivity index is 1.70. The van der Waals surface area contributed by atoms with Crippen LogP contribution in [-0.2, 0) is 9.59 Å². The van der Waals surface area contributed by atoms with Crippen LogP contribution >= 0.6 is 11.8 Å². The summed E-state index contributed by atoms with van der Waals surface area (Å²) in [7, 11) is 0. The van der Waals surface area contributed by atoms with Gasteiger partial charge in [0.15, 0.2) is 0 Å². The zero-order chi connectivity index (χ0) is 13.7. The third-order valence-electron chi connectivity index (χ3n) is 4.24. The van der Waals surface area contributed by atoms with Gasteiger partial charge in [0.05, 0.1) is 5.75 Å². The van der Waals surface area contributed by atoms with E-state index >= 15 is 0 Å². The van der Waals surface area contributed by atoms with Gasteiger partial charge in [-0.3, -0.25) is 9.59 Å². The second-order valence-corrected chi connectivity index (χ2v) is 6.85. The molecule has 2 saturated heterocycles. The Morgan fingerprint density at radius 2 is 2.16 bits per heavy atom. The Labute approximate surface area is 119 Å². The first kappa shape index (κ1) is 14.7. The van der Waals surface area contributed by atoms with E-state index in [-0.39, 0.29) is 17.2 Å². The van der Waals surface area contributed by atoms with Gasteiger partial charge >= 0.3 is 0 Å². The number of hydrogen-bond donors (Lipinski definition) is 1. The van der Waals surface area contributed by atoms with Crippen LogP contribution in [0.3, 0.4) is 0 Å². The predicted octanol–water partition coefficient (Wildman–Crippen LogP) is 1.65. The molecule has 0 aromatic rings. The smallest absolute Gasteiger partial charge is 0.232 e. The van der Waals surface area contributed by atoms with Crippen LogP contribution in [0.4, 0.5) is 0 Å². The average molecular weight is 284 g/mol. The van der Waals surface area contributed by atoms with Crippen LogP contribution in [0.25, 0.3) is 0 Å². The summed E-state index contributed by atoms with van der Waals surface area (Å²) in [6.45, 7) is 4.62. The highest BCUT2D eigenvalue weighted by molar-refractivity contribution is 7.99. The van der Waals surface area contributed by atoms with E-state index in [0.717, 1.165) is 38.2 Å². The van der Waals surface area contributed by atoms with E-state index in [4.69, 9.17) is 0 Å². The SMILES string of the molecule is CCCCSCC(=O)N1CCC2(CC1)CNC(=O)C2. The maximum atomic E-state index is 12.1. The second kappa shape index (κ2) is 6.64. The van der Waals surface area contributed by atoms with Gasteiger partial charge in [0.25, 0.3) is 0 Å². The standard InChI is InChI=1S/C14H24N2O2S/c1-2-3-8-19-10-13(18)16-6-4-14(5-7-16)9-12(17)15-11-14/h2-11H2,1H3,(H,15,17). The summed E-state index contributed by atoms with van der Waals surface area (Å²) in [6.07, 6.45) is 4.97. The highest BCUT2D eigenvalue weighted by Crippen LogP contribution is 2.37. The van der Waals surface area contributed by atoms with Gasteiger partial charge in [-0.1, -0.05) is 13.3 Å². The number of likely N-dealkylation sites (tertiary alicyclic amines) is 1. The average Bonchev–Trinajstić information content (AvgIpc) is 2.76. The van der Waals surface area contributed by atoms with Crippen molar-refractivity contribution in [1.29, 1.82) is 0 Å². The maximum absolute atomic E-state index is 12.1. The van der Waals surface area contributed by atoms with E-state index in [1.807, 2.05) is 4.90 Å². The lowest BCUT2D eigenvalue weighted by Crippen LogP contribution is -2.44. The molecule has 1 spiro atoms. The number of carbonyl (C=O) groups excluding carboxylic acids is 2. The van der Waals surface area contributed by atoms with Crippen LogP contribution in [0, 0.1) is 5.41 Å². The van der Waals surface area contributed by atoms with Crippen molar-refractivity contribution < 1.29 is 9.59 Å². The second-order valence-electron chi connectivity index (χ2n) is 5.74. The van der Waals surface area contributed by atoms with Crippen LogP contribution in [0.1, 0.15) is 39.0 Å². The molecule has 0 aliphatic carbocycles. The Morgan fingerprint density at radius 3 is 2.74 bits per heavy atom. The van der Waals surface area contributed by atoms with Crippen LogP contribution in [-0.4, -0.2) is 47.9 Å². The summed E-state index contributed by atoms with van der Waals surface area (Å²) >= 11 is 1.75. The molecule has 0 unspecified atom stereocenters. The van der Waals surface area contributed by atoms with Crippen LogP contribution < -0.4 is 5.32 Å². The lowest BCUT2D eigenvalue weighted by atomic mass is 9.78. The van der Waals surface area contributed by atoms with Crippen molar-refractivity contribution in [3.8, 4) is 0 Å². The van der Waals surface area contributed by atoms with Crippen molar-refractivity contribution >= 4 is 23.6 Å². The summed E-state index contributed by atoms with van der Waals surface area (Å²) in [5.41, 5.74) is 0.142. The first-order valence-electron chi connectivity index (χ1n) is 7.27. The Hall–Kier alpha value is -0.710. The number of amides is 2. The minimum Gasteiger partial charge on any atom is -0.356 e. The van der Waals surface area contributed by atoms with E-state index < -0.39 is 0 Å². The van der Waals surface area contributed by atoms with Crippen molar-refractivity contribution in [3.05, 3.63) is 0 Å². The summed E-state index contributed by atoms with van der Waals surface area (Å²) in [6, 6.07) is 0. The van der Waals surface area contributed by atoms with E-state index in [1.54, 1.807) is 11.8 Å². The fraction of sp³-hybridized carbons (Fsp3) is 0.857. The summed E-state index contributed by atoms with van der Waals surface area (Å²) in [5, 5.41) is 2.93. The minimum atomic E-state index is 0.142. The molecule has 108 valence electrons. The molecule has 0 aromatic heterocycles. The summed E-state index contributed by atoms with van der Waals surface area (Å²) in [5.74, 6) is 2.14. The monoisotopic (exact) mass is 284 g/mol. The topological polar surface area (TPSA) is 49.4 Å². The number of nitrogens with zero attached hydrogens (tertiary/aromatic N) is 1. The molecule has 2 aliphatic rings. The molecule has 2 heterocycles. The molecule has 4 nitrogen and oxygen atoms in total. The molecule has 2 aliphatic heterocycles. The summed E-state index contributed by atoms with van der Waals surface area (Å²) < 4.78 is 0. The molecule has 2 amide bonds. The summed E-state index contributed by atoms with van der Waals surface area (Å²) in [4.78, 5) is 25.4. The maximum Gasteiger partial charge on any atom is 0.232 e. The van der Waals surface area contributed by atoms with Crippen molar-refractivity contribution in [2.24, 2.45) is 5.41 Å². The number of carbonyl (C=O) groups is 2. The quantitative estimate of drug-likeness (QED) is 0.781. The number of nitrogens with one attached hydrogen (secondary N) is 1. The number of thioether (sulfide) groups is 1. The van der Waals surface area contributed by atoms with Gasteiger partial charge in [-0.25, -0.2) is 0 Å². The van der Waals surface area contributed by atoms with Crippen LogP contribution in [0.2, 0.25) is 0 Å². The van der Waals surface area contributed by atoms with Gasteiger partial charge in [0, 0.05) is 26.1 Å². The number of rotatable bonds is 5. The number of unbranched alkanes of at least 4 members (excludes halogenated alkanes) is 1. The van der Waals surface area contributed by atoms with E-state index in [1.165, 1.54) is 12.8 Å². The van der Waals surface area contributed by atoms with Gasteiger partial charge < -0.3 is 10.2 Å². The molecule has 0 radical (unpaired) electrons. The predicted molar refractivity (Wildman–Crippen MR) is 78.1 cm³/mol. The van der Waals surface area contributed by atoms with E-state index in [9.17, 15) is 9.59 Å². The minimum absolute atomic E-state index is 0.142. The lowest BCUT2D eigenvalue weighted by Gasteiger charge is -2.38. The Bertz CT molecular complexity index is 338. The highest BCUT2D eigenvalue weighted by atomic mass is 32.2. The van der Waals surface area contributed by atoms with Gasteiger partial charge in [0.2, 0.25) is 11.8 Å². The highest BCUT2D eigenvalue weighted by Gasteiger charge is 2.41. The molecular weight excluding hydrogens is 260 g/mol. The first-order valence-corrected chi connectivity index (χ1v) is 8.43. The molecular formula is C14H24N2O2S. The fourth-order valence-electron chi connectivity index (χ4n) is 2.83. The van der Waals surface area contributed by atoms with Crippen molar-refractivity contribution in [2.45, 2.75) is 39.0 Å². The molecule has 19 heavy (non-hydrogen) atoms. The Kier molecular flexibility index (Phi) is 5.13. The number of piperidine rings is 1. The van der Waals surface area contributed by atoms with Crippen molar-refractivity contribution in [2.75, 3.05) is 31.1 Å². The third-order valence-corrected chi connectivity index (χ3v) is 5.27. The Morgan fingerprint density at radius 1 is 1.42 bits per heavy atom.